The number of aldehydes is 1. The van der Waals surface area contributed by atoms with E-state index in [9.17, 15) is 19.7 Å². The van der Waals surface area contributed by atoms with Gasteiger partial charge < -0.3 is 9.80 Å². The predicted molar refractivity (Wildman–Crippen MR) is 79.7 cm³/mol. The zero-order chi connectivity index (χ0) is 16.0. The van der Waals surface area contributed by atoms with Crippen LogP contribution in [0.2, 0.25) is 0 Å². The van der Waals surface area contributed by atoms with Gasteiger partial charge in [-0.2, -0.15) is 0 Å². The second-order valence-corrected chi connectivity index (χ2v) is 4.54. The average molecular weight is 293 g/mol. The molecule has 0 aliphatic carbocycles. The lowest BCUT2D eigenvalue weighted by molar-refractivity contribution is -0.384. The highest BCUT2D eigenvalue weighted by Gasteiger charge is 2.17. The summed E-state index contributed by atoms with van der Waals surface area (Å²) in [6.07, 6.45) is 0.556. The molecule has 1 aromatic carbocycles. The standard InChI is InChI=1S/C14H19N3O4/c1-4-16(5-2)14(19)9-15(3)13-7-6-12(17(20)21)8-11(13)10-18/h6-8,10H,4-5,9H2,1-3H3. The summed E-state index contributed by atoms with van der Waals surface area (Å²) in [5.41, 5.74) is 0.541. The smallest absolute Gasteiger partial charge is 0.270 e. The van der Waals surface area contributed by atoms with E-state index in [4.69, 9.17) is 0 Å². The Morgan fingerprint density at radius 3 is 2.43 bits per heavy atom. The molecule has 1 rings (SSSR count). The Kier molecular flexibility index (Phi) is 5.83. The Balaban J connectivity index is 2.97. The average Bonchev–Trinajstić information content (AvgIpc) is 2.47. The van der Waals surface area contributed by atoms with E-state index in [-0.39, 0.29) is 23.7 Å². The number of carbonyl (C=O) groups excluding carboxylic acids is 2. The molecule has 0 unspecified atom stereocenters. The van der Waals surface area contributed by atoms with Crippen LogP contribution in [0, 0.1) is 10.1 Å². The van der Waals surface area contributed by atoms with Gasteiger partial charge in [0.2, 0.25) is 5.91 Å². The molecular formula is C14H19N3O4. The molecule has 0 heterocycles. The largest absolute Gasteiger partial charge is 0.365 e. The number of carbonyl (C=O) groups is 2. The fourth-order valence-electron chi connectivity index (χ4n) is 2.06. The van der Waals surface area contributed by atoms with Crippen LogP contribution in [-0.4, -0.2) is 48.7 Å². The van der Waals surface area contributed by atoms with E-state index in [0.29, 0.717) is 25.1 Å². The van der Waals surface area contributed by atoms with Crippen molar-refractivity contribution in [3.05, 3.63) is 33.9 Å². The van der Waals surface area contributed by atoms with Gasteiger partial charge in [-0.05, 0) is 19.9 Å². The van der Waals surface area contributed by atoms with Crippen molar-refractivity contribution in [2.24, 2.45) is 0 Å². The van der Waals surface area contributed by atoms with Crippen molar-refractivity contribution in [1.29, 1.82) is 0 Å². The molecule has 0 aliphatic rings. The number of nitro benzene ring substituents is 1. The molecule has 0 saturated carbocycles. The molecule has 1 amide bonds. The van der Waals surface area contributed by atoms with Crippen LogP contribution in [0.5, 0.6) is 0 Å². The number of likely N-dealkylation sites (N-methyl/N-ethyl adjacent to an activating group) is 2. The minimum absolute atomic E-state index is 0.0577. The molecule has 1 aromatic rings. The molecule has 0 aliphatic heterocycles. The Morgan fingerprint density at radius 1 is 1.33 bits per heavy atom. The number of anilines is 1. The summed E-state index contributed by atoms with van der Waals surface area (Å²) in [6, 6.07) is 4.01. The number of hydrogen-bond donors (Lipinski definition) is 0. The Hall–Kier alpha value is -2.44. The maximum Gasteiger partial charge on any atom is 0.270 e. The van der Waals surface area contributed by atoms with Crippen LogP contribution >= 0.6 is 0 Å². The van der Waals surface area contributed by atoms with Crippen LogP contribution in [-0.2, 0) is 4.79 Å². The molecule has 21 heavy (non-hydrogen) atoms. The van der Waals surface area contributed by atoms with E-state index >= 15 is 0 Å². The van der Waals surface area contributed by atoms with Gasteiger partial charge in [-0.15, -0.1) is 0 Å². The number of non-ortho nitro benzene ring substituents is 1. The highest BCUT2D eigenvalue weighted by atomic mass is 16.6. The van der Waals surface area contributed by atoms with Crippen LogP contribution in [0.3, 0.4) is 0 Å². The second-order valence-electron chi connectivity index (χ2n) is 4.54. The minimum atomic E-state index is -0.558. The van der Waals surface area contributed by atoms with Gasteiger partial charge in [0.1, 0.15) is 0 Å². The third kappa shape index (κ3) is 4.01. The van der Waals surface area contributed by atoms with Crippen molar-refractivity contribution in [2.45, 2.75) is 13.8 Å². The molecule has 114 valence electrons. The molecule has 0 spiro atoms. The topological polar surface area (TPSA) is 83.8 Å². The van der Waals surface area contributed by atoms with E-state index in [0.717, 1.165) is 0 Å². The Morgan fingerprint density at radius 2 is 1.95 bits per heavy atom. The van der Waals surface area contributed by atoms with Crippen molar-refractivity contribution in [1.82, 2.24) is 4.90 Å². The molecule has 0 bridgehead atoms. The SMILES string of the molecule is CCN(CC)C(=O)CN(C)c1ccc([N+](=O)[O-])cc1C=O. The summed E-state index contributed by atoms with van der Waals surface area (Å²) < 4.78 is 0. The van der Waals surface area contributed by atoms with Crippen LogP contribution in [0.15, 0.2) is 18.2 Å². The summed E-state index contributed by atoms with van der Waals surface area (Å²) in [5, 5.41) is 10.7. The summed E-state index contributed by atoms with van der Waals surface area (Å²) in [7, 11) is 1.68. The maximum atomic E-state index is 12.1. The first kappa shape index (κ1) is 16.6. The van der Waals surface area contributed by atoms with Gasteiger partial charge in [-0.1, -0.05) is 0 Å². The third-order valence-corrected chi connectivity index (χ3v) is 3.25. The first-order chi connectivity index (χ1) is 9.94. The van der Waals surface area contributed by atoms with E-state index in [1.54, 1.807) is 16.8 Å². The highest BCUT2D eigenvalue weighted by molar-refractivity contribution is 5.88. The maximum absolute atomic E-state index is 12.1. The number of hydrogen-bond acceptors (Lipinski definition) is 5. The molecule has 0 N–H and O–H groups in total. The van der Waals surface area contributed by atoms with Gasteiger partial charge in [0.25, 0.3) is 5.69 Å². The third-order valence-electron chi connectivity index (χ3n) is 3.25. The zero-order valence-electron chi connectivity index (χ0n) is 12.4. The Labute approximate surface area is 123 Å². The number of amides is 1. The van der Waals surface area contributed by atoms with Crippen LogP contribution in [0.4, 0.5) is 11.4 Å². The molecule has 0 aromatic heterocycles. The van der Waals surface area contributed by atoms with Crippen molar-refractivity contribution in [3.8, 4) is 0 Å². The van der Waals surface area contributed by atoms with Gasteiger partial charge >= 0.3 is 0 Å². The lowest BCUT2D eigenvalue weighted by atomic mass is 10.1. The Bertz CT molecular complexity index is 541. The number of benzene rings is 1. The molecule has 0 fully saturated rings. The zero-order valence-corrected chi connectivity index (χ0v) is 12.4. The van der Waals surface area contributed by atoms with Crippen molar-refractivity contribution < 1.29 is 14.5 Å². The first-order valence-corrected chi connectivity index (χ1v) is 6.67. The summed E-state index contributed by atoms with van der Waals surface area (Å²) in [4.78, 5) is 36.6. The van der Waals surface area contributed by atoms with Gasteiger partial charge in [0.15, 0.2) is 6.29 Å². The summed E-state index contributed by atoms with van der Waals surface area (Å²) in [6.45, 7) is 5.13. The van der Waals surface area contributed by atoms with E-state index in [2.05, 4.69) is 0 Å². The van der Waals surface area contributed by atoms with Crippen molar-refractivity contribution in [3.63, 3.8) is 0 Å². The van der Waals surface area contributed by atoms with Gasteiger partial charge in [-0.25, -0.2) is 0 Å². The van der Waals surface area contributed by atoms with Gasteiger partial charge in [0, 0.05) is 43.5 Å². The van der Waals surface area contributed by atoms with Crippen LogP contribution < -0.4 is 4.90 Å². The molecule has 0 atom stereocenters. The number of rotatable bonds is 7. The number of nitro groups is 1. The summed E-state index contributed by atoms with van der Waals surface area (Å²) in [5.74, 6) is -0.0577. The second kappa shape index (κ2) is 7.37. The van der Waals surface area contributed by atoms with E-state index < -0.39 is 4.92 Å². The lowest BCUT2D eigenvalue weighted by Gasteiger charge is -2.25. The minimum Gasteiger partial charge on any atom is -0.365 e. The van der Waals surface area contributed by atoms with Gasteiger partial charge in [0.05, 0.1) is 11.5 Å². The van der Waals surface area contributed by atoms with Crippen LogP contribution in [0.25, 0.3) is 0 Å². The fraction of sp³-hybridized carbons (Fsp3) is 0.429. The summed E-state index contributed by atoms with van der Waals surface area (Å²) >= 11 is 0. The molecule has 0 saturated heterocycles. The fourth-order valence-corrected chi connectivity index (χ4v) is 2.06. The first-order valence-electron chi connectivity index (χ1n) is 6.67. The highest BCUT2D eigenvalue weighted by Crippen LogP contribution is 2.23. The van der Waals surface area contributed by atoms with E-state index in [1.165, 1.54) is 18.2 Å². The molecule has 0 radical (unpaired) electrons. The van der Waals surface area contributed by atoms with Crippen molar-refractivity contribution in [2.75, 3.05) is 31.6 Å². The van der Waals surface area contributed by atoms with Crippen molar-refractivity contribution >= 4 is 23.6 Å². The quantitative estimate of drug-likeness (QED) is 0.434. The molecular weight excluding hydrogens is 274 g/mol. The monoisotopic (exact) mass is 293 g/mol. The van der Waals surface area contributed by atoms with Crippen LogP contribution in [0.1, 0.15) is 24.2 Å². The number of nitrogens with zero attached hydrogens (tertiary/aromatic N) is 3. The molecule has 7 heteroatoms. The van der Waals surface area contributed by atoms with Gasteiger partial charge in [-0.3, -0.25) is 19.7 Å². The van der Waals surface area contributed by atoms with E-state index in [1.807, 2.05) is 13.8 Å². The molecule has 7 nitrogen and oxygen atoms in total. The normalized spacial score (nSPS) is 10.0. The predicted octanol–water partition coefficient (Wildman–Crippen LogP) is 1.71. The lowest BCUT2D eigenvalue weighted by Crippen LogP contribution is -2.39.